The number of amides is 2. The second-order valence-electron chi connectivity index (χ2n) is 6.23. The summed E-state index contributed by atoms with van der Waals surface area (Å²) < 4.78 is 41.3. The van der Waals surface area contributed by atoms with Crippen molar-refractivity contribution in [2.75, 3.05) is 4.72 Å². The Morgan fingerprint density at radius 3 is 2.27 bits per heavy atom. The maximum absolute atomic E-state index is 13.4. The van der Waals surface area contributed by atoms with E-state index in [0.29, 0.717) is 4.47 Å². The molecule has 1 aromatic heterocycles. The molecule has 156 valence electrons. The maximum Gasteiger partial charge on any atom is 0.286 e. The van der Waals surface area contributed by atoms with Gasteiger partial charge in [-0.05, 0) is 76.9 Å². The Bertz CT molecular complexity index is 1210. The minimum Gasteiger partial charge on any atom is -0.356 e. The second-order valence-corrected chi connectivity index (χ2v) is 8.83. The number of aryl methyl sites for hydroxylation is 1. The van der Waals surface area contributed by atoms with E-state index < -0.39 is 27.7 Å². The van der Waals surface area contributed by atoms with Crippen LogP contribution in [-0.4, -0.2) is 25.2 Å². The van der Waals surface area contributed by atoms with Crippen molar-refractivity contribution in [3.05, 3.63) is 81.8 Å². The van der Waals surface area contributed by atoms with E-state index in [1.165, 1.54) is 37.3 Å². The number of aromatic amines is 1. The molecule has 2 amide bonds. The standard InChI is InChI=1S/C19H16BrFN4O4S/c1-11-8-15(6-7-16(11)21)30(28,29)25-14-4-2-12(3-5-14)18(26)23-24-19(27)17-9-13(20)10-22-17/h2-10,22,25H,1H3,(H,23,26)(H,24,27). The summed E-state index contributed by atoms with van der Waals surface area (Å²) in [7, 11) is -3.92. The molecule has 0 aliphatic heterocycles. The number of hydrogen-bond acceptors (Lipinski definition) is 4. The molecule has 0 saturated carbocycles. The Hall–Kier alpha value is -3.18. The topological polar surface area (TPSA) is 120 Å². The number of halogens is 2. The summed E-state index contributed by atoms with van der Waals surface area (Å²) >= 11 is 3.20. The third-order valence-electron chi connectivity index (χ3n) is 4.02. The highest BCUT2D eigenvalue weighted by Gasteiger charge is 2.16. The van der Waals surface area contributed by atoms with Gasteiger partial charge >= 0.3 is 0 Å². The fourth-order valence-electron chi connectivity index (χ4n) is 2.44. The van der Waals surface area contributed by atoms with Crippen LogP contribution in [0.4, 0.5) is 10.1 Å². The Balaban J connectivity index is 1.63. The third kappa shape index (κ3) is 5.05. The average Bonchev–Trinajstić information content (AvgIpc) is 3.14. The molecule has 0 bridgehead atoms. The van der Waals surface area contributed by atoms with Crippen LogP contribution in [0.3, 0.4) is 0 Å². The molecule has 1 heterocycles. The zero-order valence-electron chi connectivity index (χ0n) is 15.5. The smallest absolute Gasteiger partial charge is 0.286 e. The van der Waals surface area contributed by atoms with Gasteiger partial charge in [0.1, 0.15) is 11.5 Å². The molecule has 0 atom stereocenters. The Kier molecular flexibility index (Phi) is 6.22. The lowest BCUT2D eigenvalue weighted by Gasteiger charge is -2.10. The molecule has 0 aliphatic carbocycles. The van der Waals surface area contributed by atoms with Crippen LogP contribution in [0.5, 0.6) is 0 Å². The number of nitrogens with one attached hydrogen (secondary N) is 4. The number of carbonyl (C=O) groups excluding carboxylic acids is 2. The maximum atomic E-state index is 13.4. The van der Waals surface area contributed by atoms with Crippen molar-refractivity contribution in [1.29, 1.82) is 0 Å². The molecule has 4 N–H and O–H groups in total. The average molecular weight is 495 g/mol. The number of hydrogen-bond donors (Lipinski definition) is 4. The van der Waals surface area contributed by atoms with Crippen molar-refractivity contribution in [3.63, 3.8) is 0 Å². The summed E-state index contributed by atoms with van der Waals surface area (Å²) in [5.41, 5.74) is 5.40. The Labute approximate surface area is 180 Å². The first kappa shape index (κ1) is 21.5. The van der Waals surface area contributed by atoms with Crippen molar-refractivity contribution >= 4 is 43.5 Å². The zero-order chi connectivity index (χ0) is 21.9. The van der Waals surface area contributed by atoms with Gasteiger partial charge in [-0.2, -0.15) is 0 Å². The quantitative estimate of drug-likeness (QED) is 0.407. The number of benzene rings is 2. The SMILES string of the molecule is Cc1cc(S(=O)(=O)Nc2ccc(C(=O)NNC(=O)c3cc(Br)c[nH]3)cc2)ccc1F. The largest absolute Gasteiger partial charge is 0.356 e. The summed E-state index contributed by atoms with van der Waals surface area (Å²) in [5.74, 6) is -1.62. The third-order valence-corrected chi connectivity index (χ3v) is 5.86. The monoisotopic (exact) mass is 494 g/mol. The number of aromatic nitrogens is 1. The predicted octanol–water partition coefficient (Wildman–Crippen LogP) is 3.10. The van der Waals surface area contributed by atoms with Crippen molar-refractivity contribution in [1.82, 2.24) is 15.8 Å². The van der Waals surface area contributed by atoms with E-state index >= 15 is 0 Å². The van der Waals surface area contributed by atoms with Gasteiger partial charge in [0.2, 0.25) is 0 Å². The number of sulfonamides is 1. The summed E-state index contributed by atoms with van der Waals surface area (Å²) in [5, 5.41) is 0. The van der Waals surface area contributed by atoms with Crippen molar-refractivity contribution in [2.24, 2.45) is 0 Å². The molecule has 0 radical (unpaired) electrons. The molecule has 0 saturated heterocycles. The minimum atomic E-state index is -3.92. The molecule has 0 fully saturated rings. The molecule has 30 heavy (non-hydrogen) atoms. The molecule has 0 spiro atoms. The van der Waals surface area contributed by atoms with Gasteiger partial charge in [-0.25, -0.2) is 12.8 Å². The number of rotatable bonds is 5. The van der Waals surface area contributed by atoms with E-state index in [0.717, 1.165) is 12.1 Å². The van der Waals surface area contributed by atoms with Crippen LogP contribution in [-0.2, 0) is 10.0 Å². The van der Waals surface area contributed by atoms with Crippen LogP contribution in [0.2, 0.25) is 0 Å². The number of hydrazine groups is 1. The summed E-state index contributed by atoms with van der Waals surface area (Å²) in [4.78, 5) is 26.7. The van der Waals surface area contributed by atoms with Gasteiger partial charge in [0.15, 0.2) is 0 Å². The van der Waals surface area contributed by atoms with Crippen molar-refractivity contribution in [2.45, 2.75) is 11.8 Å². The van der Waals surface area contributed by atoms with Gasteiger partial charge in [0.25, 0.3) is 21.8 Å². The Morgan fingerprint density at radius 2 is 1.67 bits per heavy atom. The lowest BCUT2D eigenvalue weighted by molar-refractivity contribution is 0.0844. The van der Waals surface area contributed by atoms with Crippen molar-refractivity contribution < 1.29 is 22.4 Å². The summed E-state index contributed by atoms with van der Waals surface area (Å²) in [6, 6.07) is 10.6. The van der Waals surface area contributed by atoms with Crippen LogP contribution in [0.1, 0.15) is 26.4 Å². The molecule has 8 nitrogen and oxygen atoms in total. The molecule has 3 rings (SSSR count). The van der Waals surface area contributed by atoms with Crippen LogP contribution in [0.15, 0.2) is 64.1 Å². The fourth-order valence-corrected chi connectivity index (χ4v) is 3.93. The number of anilines is 1. The van der Waals surface area contributed by atoms with Gasteiger partial charge in [-0.3, -0.25) is 25.2 Å². The van der Waals surface area contributed by atoms with Crippen LogP contribution in [0.25, 0.3) is 0 Å². The van der Waals surface area contributed by atoms with E-state index in [9.17, 15) is 22.4 Å². The highest BCUT2D eigenvalue weighted by molar-refractivity contribution is 9.10. The van der Waals surface area contributed by atoms with E-state index in [1.54, 1.807) is 12.3 Å². The van der Waals surface area contributed by atoms with E-state index in [2.05, 4.69) is 36.5 Å². The zero-order valence-corrected chi connectivity index (χ0v) is 17.9. The summed E-state index contributed by atoms with van der Waals surface area (Å²) in [6.07, 6.45) is 1.57. The van der Waals surface area contributed by atoms with Gasteiger partial charge in [0.05, 0.1) is 4.90 Å². The molecule has 2 aromatic carbocycles. The van der Waals surface area contributed by atoms with Gasteiger partial charge in [-0.15, -0.1) is 0 Å². The first-order chi connectivity index (χ1) is 14.2. The summed E-state index contributed by atoms with van der Waals surface area (Å²) in [6.45, 7) is 1.47. The van der Waals surface area contributed by atoms with Crippen LogP contribution in [0, 0.1) is 12.7 Å². The molecule has 11 heteroatoms. The second kappa shape index (κ2) is 8.67. The van der Waals surface area contributed by atoms with E-state index in [-0.39, 0.29) is 27.4 Å². The van der Waals surface area contributed by atoms with Gasteiger partial charge in [0, 0.05) is 21.9 Å². The molecular formula is C19H16BrFN4O4S. The number of carbonyl (C=O) groups is 2. The molecular weight excluding hydrogens is 479 g/mol. The highest BCUT2D eigenvalue weighted by Crippen LogP contribution is 2.19. The van der Waals surface area contributed by atoms with Gasteiger partial charge in [-0.1, -0.05) is 0 Å². The molecule has 0 unspecified atom stereocenters. The molecule has 0 aliphatic rings. The van der Waals surface area contributed by atoms with Crippen LogP contribution < -0.4 is 15.6 Å². The fraction of sp³-hybridized carbons (Fsp3) is 0.0526. The highest BCUT2D eigenvalue weighted by atomic mass is 79.9. The first-order valence-electron chi connectivity index (χ1n) is 8.49. The number of H-pyrrole nitrogens is 1. The van der Waals surface area contributed by atoms with Crippen LogP contribution >= 0.6 is 15.9 Å². The Morgan fingerprint density at radius 1 is 1.00 bits per heavy atom. The lowest BCUT2D eigenvalue weighted by Crippen LogP contribution is -2.41. The van der Waals surface area contributed by atoms with Crippen molar-refractivity contribution in [3.8, 4) is 0 Å². The minimum absolute atomic E-state index is 0.0816. The lowest BCUT2D eigenvalue weighted by atomic mass is 10.2. The van der Waals surface area contributed by atoms with E-state index in [4.69, 9.17) is 0 Å². The molecule has 3 aromatic rings. The van der Waals surface area contributed by atoms with E-state index in [1.807, 2.05) is 0 Å². The van der Waals surface area contributed by atoms with Gasteiger partial charge < -0.3 is 4.98 Å². The first-order valence-corrected chi connectivity index (χ1v) is 10.8. The predicted molar refractivity (Wildman–Crippen MR) is 112 cm³/mol. The normalized spacial score (nSPS) is 11.0.